The molecule has 1 aliphatic carbocycles. The third kappa shape index (κ3) is 4.44. The molecule has 4 rings (SSSR count). The zero-order chi connectivity index (χ0) is 20.5. The molecule has 0 radical (unpaired) electrons. The fourth-order valence-electron chi connectivity index (χ4n) is 2.91. The number of carbonyl (C=O) groups excluding carboxylic acids is 2. The van der Waals surface area contributed by atoms with Gasteiger partial charge in [-0.2, -0.15) is 0 Å². The first kappa shape index (κ1) is 19.5. The number of amides is 2. The van der Waals surface area contributed by atoms with E-state index in [2.05, 4.69) is 10.6 Å². The SMILES string of the molecule is Cc1ccc(C(=O)NC2CC2)cc1NC(=O)c1sc(-c2ccc(Cl)cc2)cc1N. The number of nitrogens with one attached hydrogen (secondary N) is 2. The van der Waals surface area contributed by atoms with Gasteiger partial charge in [0.15, 0.2) is 0 Å². The van der Waals surface area contributed by atoms with Crippen LogP contribution in [0.2, 0.25) is 5.02 Å². The van der Waals surface area contributed by atoms with Crippen LogP contribution < -0.4 is 16.4 Å². The Morgan fingerprint density at radius 3 is 2.48 bits per heavy atom. The van der Waals surface area contributed by atoms with Crippen LogP contribution >= 0.6 is 22.9 Å². The van der Waals surface area contributed by atoms with Crippen molar-refractivity contribution in [2.24, 2.45) is 0 Å². The summed E-state index contributed by atoms with van der Waals surface area (Å²) in [6.45, 7) is 1.88. The number of hydrogen-bond acceptors (Lipinski definition) is 4. The highest BCUT2D eigenvalue weighted by molar-refractivity contribution is 7.18. The van der Waals surface area contributed by atoms with Crippen LogP contribution in [0, 0.1) is 6.92 Å². The quantitative estimate of drug-likeness (QED) is 0.531. The van der Waals surface area contributed by atoms with E-state index in [-0.39, 0.29) is 17.9 Å². The van der Waals surface area contributed by atoms with Crippen LogP contribution in [0.3, 0.4) is 0 Å². The molecule has 29 heavy (non-hydrogen) atoms. The molecule has 5 nitrogen and oxygen atoms in total. The zero-order valence-corrected chi connectivity index (χ0v) is 17.4. The summed E-state index contributed by atoms with van der Waals surface area (Å²) in [5.41, 5.74) is 9.45. The molecule has 2 aromatic carbocycles. The molecule has 2 amide bonds. The summed E-state index contributed by atoms with van der Waals surface area (Å²) < 4.78 is 0. The molecule has 1 heterocycles. The van der Waals surface area contributed by atoms with Gasteiger partial charge in [-0.3, -0.25) is 9.59 Å². The van der Waals surface area contributed by atoms with E-state index < -0.39 is 0 Å². The van der Waals surface area contributed by atoms with Crippen LogP contribution in [0.1, 0.15) is 38.4 Å². The van der Waals surface area contributed by atoms with Crippen molar-refractivity contribution in [2.45, 2.75) is 25.8 Å². The molecule has 0 aliphatic heterocycles. The maximum absolute atomic E-state index is 12.9. The number of hydrogen-bond donors (Lipinski definition) is 3. The summed E-state index contributed by atoms with van der Waals surface area (Å²) in [7, 11) is 0. The maximum atomic E-state index is 12.9. The smallest absolute Gasteiger partial charge is 0.267 e. The Morgan fingerprint density at radius 2 is 1.79 bits per heavy atom. The summed E-state index contributed by atoms with van der Waals surface area (Å²) in [6, 6.07) is 14.7. The molecular weight excluding hydrogens is 406 g/mol. The van der Waals surface area contributed by atoms with Crippen molar-refractivity contribution in [3.05, 3.63) is 69.6 Å². The normalized spacial score (nSPS) is 13.2. The first-order valence-electron chi connectivity index (χ1n) is 9.29. The predicted octanol–water partition coefficient (Wildman–Crippen LogP) is 5.10. The number of aryl methyl sites for hydroxylation is 1. The fraction of sp³-hybridized carbons (Fsp3) is 0.182. The second-order valence-corrected chi connectivity index (χ2v) is 8.62. The van der Waals surface area contributed by atoms with Crippen LogP contribution in [-0.4, -0.2) is 17.9 Å². The van der Waals surface area contributed by atoms with Crippen molar-refractivity contribution >= 4 is 46.1 Å². The van der Waals surface area contributed by atoms with Crippen molar-refractivity contribution in [3.8, 4) is 10.4 Å². The molecule has 0 unspecified atom stereocenters. The highest BCUT2D eigenvalue weighted by Gasteiger charge is 2.24. The molecule has 7 heteroatoms. The van der Waals surface area contributed by atoms with Crippen LogP contribution in [0.25, 0.3) is 10.4 Å². The first-order chi connectivity index (χ1) is 13.9. The summed E-state index contributed by atoms with van der Waals surface area (Å²) in [6.07, 6.45) is 2.05. The zero-order valence-electron chi connectivity index (χ0n) is 15.8. The van der Waals surface area contributed by atoms with Crippen molar-refractivity contribution in [1.82, 2.24) is 5.32 Å². The molecule has 148 valence electrons. The molecule has 3 aromatic rings. The number of rotatable bonds is 5. The minimum Gasteiger partial charge on any atom is -0.397 e. The van der Waals surface area contributed by atoms with Crippen LogP contribution in [0.5, 0.6) is 0 Å². The van der Waals surface area contributed by atoms with E-state index in [9.17, 15) is 9.59 Å². The molecule has 1 aliphatic rings. The number of carbonyl (C=O) groups is 2. The summed E-state index contributed by atoms with van der Waals surface area (Å²) in [5, 5.41) is 6.50. The highest BCUT2D eigenvalue weighted by atomic mass is 35.5. The third-order valence-electron chi connectivity index (χ3n) is 4.76. The molecule has 1 saturated carbocycles. The lowest BCUT2D eigenvalue weighted by atomic mass is 10.1. The van der Waals surface area contributed by atoms with Gasteiger partial charge >= 0.3 is 0 Å². The van der Waals surface area contributed by atoms with E-state index in [1.165, 1.54) is 11.3 Å². The summed E-state index contributed by atoms with van der Waals surface area (Å²) >= 11 is 7.26. The predicted molar refractivity (Wildman–Crippen MR) is 119 cm³/mol. The Morgan fingerprint density at radius 1 is 1.07 bits per heavy atom. The van der Waals surface area contributed by atoms with Crippen molar-refractivity contribution in [3.63, 3.8) is 0 Å². The minimum absolute atomic E-state index is 0.122. The number of benzene rings is 2. The number of anilines is 2. The molecule has 1 fully saturated rings. The fourth-order valence-corrected chi connectivity index (χ4v) is 4.02. The van der Waals surface area contributed by atoms with E-state index in [0.29, 0.717) is 26.8 Å². The monoisotopic (exact) mass is 425 g/mol. The second-order valence-electron chi connectivity index (χ2n) is 7.13. The average molecular weight is 426 g/mol. The van der Waals surface area contributed by atoms with E-state index in [1.807, 2.05) is 25.1 Å². The van der Waals surface area contributed by atoms with Gasteiger partial charge in [-0.1, -0.05) is 29.8 Å². The number of nitrogen functional groups attached to an aromatic ring is 1. The van der Waals surface area contributed by atoms with Crippen molar-refractivity contribution in [1.29, 1.82) is 0 Å². The van der Waals surface area contributed by atoms with E-state index in [0.717, 1.165) is 28.8 Å². The Hall–Kier alpha value is -2.83. The van der Waals surface area contributed by atoms with Crippen molar-refractivity contribution < 1.29 is 9.59 Å². The van der Waals surface area contributed by atoms with Gasteiger partial charge in [0.2, 0.25) is 0 Å². The van der Waals surface area contributed by atoms with E-state index >= 15 is 0 Å². The van der Waals surface area contributed by atoms with Gasteiger partial charge in [-0.15, -0.1) is 11.3 Å². The Kier molecular flexibility index (Phi) is 5.30. The molecular formula is C22H20ClN3O2S. The molecule has 0 bridgehead atoms. The van der Waals surface area contributed by atoms with E-state index in [1.54, 1.807) is 30.3 Å². The van der Waals surface area contributed by atoms with E-state index in [4.69, 9.17) is 17.3 Å². The van der Waals surface area contributed by atoms with Crippen LogP contribution in [0.4, 0.5) is 11.4 Å². The van der Waals surface area contributed by atoms with Gasteiger partial charge < -0.3 is 16.4 Å². The molecule has 1 aromatic heterocycles. The van der Waals surface area contributed by atoms with Gasteiger partial charge in [0, 0.05) is 27.2 Å². The standard InChI is InChI=1S/C22H20ClN3O2S/c1-12-2-3-14(21(27)25-16-8-9-16)10-18(12)26-22(28)20-17(24)11-19(29-20)13-4-6-15(23)7-5-13/h2-7,10-11,16H,8-9,24H2,1H3,(H,25,27)(H,26,28). The topological polar surface area (TPSA) is 84.2 Å². The van der Waals surface area contributed by atoms with Gasteiger partial charge in [0.25, 0.3) is 11.8 Å². The summed E-state index contributed by atoms with van der Waals surface area (Å²) in [5.74, 6) is -0.417. The number of halogens is 1. The number of nitrogens with two attached hydrogens (primary N) is 1. The van der Waals surface area contributed by atoms with Gasteiger partial charge in [-0.05, 0) is 61.2 Å². The molecule has 4 N–H and O–H groups in total. The Bertz CT molecular complexity index is 1090. The lowest BCUT2D eigenvalue weighted by Crippen LogP contribution is -2.25. The van der Waals surface area contributed by atoms with Crippen LogP contribution in [0.15, 0.2) is 48.5 Å². The maximum Gasteiger partial charge on any atom is 0.267 e. The first-order valence-corrected chi connectivity index (χ1v) is 10.5. The lowest BCUT2D eigenvalue weighted by molar-refractivity contribution is 0.0949. The Labute approximate surface area is 177 Å². The second kappa shape index (κ2) is 7.89. The lowest BCUT2D eigenvalue weighted by Gasteiger charge is -2.10. The Balaban J connectivity index is 1.54. The average Bonchev–Trinajstić information content (AvgIpc) is 3.42. The number of thiophene rings is 1. The minimum atomic E-state index is -0.296. The van der Waals surface area contributed by atoms with Gasteiger partial charge in [-0.25, -0.2) is 0 Å². The summed E-state index contributed by atoms with van der Waals surface area (Å²) in [4.78, 5) is 26.5. The highest BCUT2D eigenvalue weighted by Crippen LogP contribution is 2.34. The van der Waals surface area contributed by atoms with Crippen LogP contribution in [-0.2, 0) is 0 Å². The van der Waals surface area contributed by atoms with Gasteiger partial charge in [0.05, 0.1) is 5.69 Å². The third-order valence-corrected chi connectivity index (χ3v) is 6.21. The molecule has 0 saturated heterocycles. The molecule has 0 atom stereocenters. The molecule has 0 spiro atoms. The largest absolute Gasteiger partial charge is 0.397 e. The van der Waals surface area contributed by atoms with Crippen molar-refractivity contribution in [2.75, 3.05) is 11.1 Å². The van der Waals surface area contributed by atoms with Gasteiger partial charge in [0.1, 0.15) is 4.88 Å².